The number of ether oxygens (including phenoxy) is 1. The maximum absolute atomic E-state index is 13.0. The molecule has 2 rings (SSSR count). The molecule has 1 aromatic carbocycles. The van der Waals surface area contributed by atoms with Crippen molar-refractivity contribution in [3.8, 4) is 5.75 Å². The SMILES string of the molecule is CC(C)(CCl)C(=O)NC1CCN(c2cccc(OC(F)C(F)F)c2)C1=O. The molecule has 0 spiro atoms. The summed E-state index contributed by atoms with van der Waals surface area (Å²) in [6.45, 7) is 3.66. The lowest BCUT2D eigenvalue weighted by molar-refractivity contribution is -0.131. The van der Waals surface area contributed by atoms with Crippen LogP contribution in [0.4, 0.5) is 18.9 Å². The second-order valence-electron chi connectivity index (χ2n) is 6.62. The van der Waals surface area contributed by atoms with Gasteiger partial charge in [0, 0.05) is 24.2 Å². The lowest BCUT2D eigenvalue weighted by Crippen LogP contribution is -2.47. The maximum Gasteiger partial charge on any atom is 0.304 e. The molecule has 0 bridgehead atoms. The van der Waals surface area contributed by atoms with Crippen LogP contribution < -0.4 is 15.0 Å². The number of hydrogen-bond acceptors (Lipinski definition) is 3. The predicted octanol–water partition coefficient (Wildman–Crippen LogP) is 3.11. The number of alkyl halides is 4. The summed E-state index contributed by atoms with van der Waals surface area (Å²) in [7, 11) is 0. The summed E-state index contributed by atoms with van der Waals surface area (Å²) < 4.78 is 42.1. The Hall–Kier alpha value is -1.96. The molecule has 0 aromatic heterocycles. The van der Waals surface area contributed by atoms with Crippen LogP contribution in [0.5, 0.6) is 5.75 Å². The molecular weight excluding hydrogens is 373 g/mol. The van der Waals surface area contributed by atoms with Crippen molar-refractivity contribution >= 4 is 29.1 Å². The minimum absolute atomic E-state index is 0.109. The Kier molecular flexibility index (Phi) is 6.39. The molecule has 9 heteroatoms. The topological polar surface area (TPSA) is 58.6 Å². The van der Waals surface area contributed by atoms with Gasteiger partial charge < -0.3 is 15.0 Å². The molecule has 26 heavy (non-hydrogen) atoms. The van der Waals surface area contributed by atoms with Gasteiger partial charge in [-0.15, -0.1) is 11.6 Å². The third-order valence-electron chi connectivity index (χ3n) is 4.04. The van der Waals surface area contributed by atoms with Crippen molar-refractivity contribution in [3.05, 3.63) is 24.3 Å². The van der Waals surface area contributed by atoms with E-state index in [1.54, 1.807) is 19.9 Å². The van der Waals surface area contributed by atoms with Gasteiger partial charge in [-0.05, 0) is 32.4 Å². The summed E-state index contributed by atoms with van der Waals surface area (Å²) >= 11 is 5.76. The molecule has 1 aliphatic heterocycles. The second kappa shape index (κ2) is 8.16. The van der Waals surface area contributed by atoms with Gasteiger partial charge in [0.2, 0.25) is 11.8 Å². The summed E-state index contributed by atoms with van der Waals surface area (Å²) in [6, 6.07) is 4.97. The minimum atomic E-state index is -3.27. The van der Waals surface area contributed by atoms with E-state index in [1.165, 1.54) is 23.1 Å². The molecule has 0 radical (unpaired) electrons. The highest BCUT2D eigenvalue weighted by molar-refractivity contribution is 6.20. The Bertz CT molecular complexity index is 672. The van der Waals surface area contributed by atoms with E-state index >= 15 is 0 Å². The molecule has 2 amide bonds. The molecule has 144 valence electrons. The summed E-state index contributed by atoms with van der Waals surface area (Å²) in [5.41, 5.74) is -0.434. The van der Waals surface area contributed by atoms with Gasteiger partial charge in [0.15, 0.2) is 0 Å². The molecular formula is C17H20ClF3N2O3. The number of anilines is 1. The summed E-state index contributed by atoms with van der Waals surface area (Å²) in [5.74, 6) is -0.676. The summed E-state index contributed by atoms with van der Waals surface area (Å²) in [6.07, 6.45) is -5.63. The third-order valence-corrected chi connectivity index (χ3v) is 4.70. The van der Waals surface area contributed by atoms with E-state index in [-0.39, 0.29) is 23.4 Å². The van der Waals surface area contributed by atoms with E-state index in [9.17, 15) is 22.8 Å². The van der Waals surface area contributed by atoms with Crippen LogP contribution in [0, 0.1) is 5.41 Å². The van der Waals surface area contributed by atoms with Crippen LogP contribution in [-0.2, 0) is 9.59 Å². The quantitative estimate of drug-likeness (QED) is 0.725. The maximum atomic E-state index is 13.0. The molecule has 2 unspecified atom stereocenters. The van der Waals surface area contributed by atoms with Crippen molar-refractivity contribution in [2.45, 2.75) is 39.1 Å². The largest absolute Gasteiger partial charge is 0.454 e. The normalized spacial score (nSPS) is 19.0. The second-order valence-corrected chi connectivity index (χ2v) is 6.89. The fraction of sp³-hybridized carbons (Fsp3) is 0.529. The molecule has 1 saturated heterocycles. The highest BCUT2D eigenvalue weighted by Gasteiger charge is 2.37. The summed E-state index contributed by atoms with van der Waals surface area (Å²) in [4.78, 5) is 26.1. The van der Waals surface area contributed by atoms with Crippen molar-refractivity contribution < 1.29 is 27.5 Å². The van der Waals surface area contributed by atoms with Gasteiger partial charge in [-0.25, -0.2) is 8.78 Å². The monoisotopic (exact) mass is 392 g/mol. The molecule has 1 N–H and O–H groups in total. The zero-order valence-corrected chi connectivity index (χ0v) is 15.1. The average molecular weight is 393 g/mol. The molecule has 1 heterocycles. The number of carbonyl (C=O) groups is 2. The standard InChI is InChI=1S/C17H20ClF3N2O3/c1-17(2,9-18)16(25)22-12-6-7-23(15(12)24)10-4-3-5-11(8-10)26-14(21)13(19)20/h3-5,8,12-14H,6-7,9H2,1-2H3,(H,22,25). The van der Waals surface area contributed by atoms with Crippen LogP contribution in [0.3, 0.4) is 0 Å². The number of amides is 2. The van der Waals surface area contributed by atoms with Crippen LogP contribution >= 0.6 is 11.6 Å². The number of benzene rings is 1. The van der Waals surface area contributed by atoms with Gasteiger partial charge in [0.05, 0.1) is 5.41 Å². The van der Waals surface area contributed by atoms with E-state index in [0.29, 0.717) is 18.7 Å². The van der Waals surface area contributed by atoms with Crippen molar-refractivity contribution in [2.75, 3.05) is 17.3 Å². The fourth-order valence-electron chi connectivity index (χ4n) is 2.39. The Balaban J connectivity index is 2.07. The molecule has 1 fully saturated rings. The molecule has 0 saturated carbocycles. The molecule has 5 nitrogen and oxygen atoms in total. The van der Waals surface area contributed by atoms with Gasteiger partial charge in [-0.3, -0.25) is 9.59 Å². The predicted molar refractivity (Wildman–Crippen MR) is 91.4 cm³/mol. The van der Waals surface area contributed by atoms with Crippen LogP contribution in [-0.4, -0.2) is 43.1 Å². The number of carbonyl (C=O) groups excluding carboxylic acids is 2. The van der Waals surface area contributed by atoms with E-state index in [0.717, 1.165) is 0 Å². The van der Waals surface area contributed by atoms with E-state index in [1.807, 2.05) is 0 Å². The number of hydrogen-bond donors (Lipinski definition) is 1. The highest BCUT2D eigenvalue weighted by Crippen LogP contribution is 2.27. The van der Waals surface area contributed by atoms with Crippen LogP contribution in [0.15, 0.2) is 24.3 Å². The Labute approximate surface area is 154 Å². The first kappa shape index (κ1) is 20.4. The smallest absolute Gasteiger partial charge is 0.304 e. The lowest BCUT2D eigenvalue weighted by atomic mass is 9.95. The highest BCUT2D eigenvalue weighted by atomic mass is 35.5. The minimum Gasteiger partial charge on any atom is -0.454 e. The number of nitrogens with one attached hydrogen (secondary N) is 1. The number of nitrogens with zero attached hydrogens (tertiary/aromatic N) is 1. The van der Waals surface area contributed by atoms with Crippen molar-refractivity contribution in [3.63, 3.8) is 0 Å². The summed E-state index contributed by atoms with van der Waals surface area (Å²) in [5, 5.41) is 2.68. The van der Waals surface area contributed by atoms with E-state index < -0.39 is 24.2 Å². The van der Waals surface area contributed by atoms with Crippen LogP contribution in [0.25, 0.3) is 0 Å². The average Bonchev–Trinajstić information content (AvgIpc) is 2.95. The Morgan fingerprint density at radius 1 is 1.42 bits per heavy atom. The zero-order chi connectivity index (χ0) is 19.5. The van der Waals surface area contributed by atoms with Gasteiger partial charge in [0.1, 0.15) is 11.8 Å². The van der Waals surface area contributed by atoms with Gasteiger partial charge in [0.25, 0.3) is 6.36 Å². The third kappa shape index (κ3) is 4.60. The Morgan fingerprint density at radius 3 is 2.73 bits per heavy atom. The first-order valence-electron chi connectivity index (χ1n) is 8.03. The lowest BCUT2D eigenvalue weighted by Gasteiger charge is -2.23. The molecule has 1 aromatic rings. The van der Waals surface area contributed by atoms with E-state index in [4.69, 9.17) is 11.6 Å². The van der Waals surface area contributed by atoms with Crippen molar-refractivity contribution in [2.24, 2.45) is 5.41 Å². The number of halogens is 4. The fourth-order valence-corrected chi connectivity index (χ4v) is 2.51. The van der Waals surface area contributed by atoms with Crippen molar-refractivity contribution in [1.29, 1.82) is 0 Å². The molecule has 1 aliphatic rings. The Morgan fingerprint density at radius 2 is 2.12 bits per heavy atom. The van der Waals surface area contributed by atoms with Crippen molar-refractivity contribution in [1.82, 2.24) is 5.32 Å². The van der Waals surface area contributed by atoms with Gasteiger partial charge >= 0.3 is 6.43 Å². The van der Waals surface area contributed by atoms with Crippen LogP contribution in [0.2, 0.25) is 0 Å². The zero-order valence-electron chi connectivity index (χ0n) is 14.3. The molecule has 2 atom stereocenters. The first-order chi connectivity index (χ1) is 12.2. The first-order valence-corrected chi connectivity index (χ1v) is 8.56. The molecule has 0 aliphatic carbocycles. The van der Waals surface area contributed by atoms with Crippen LogP contribution in [0.1, 0.15) is 20.3 Å². The number of rotatable bonds is 7. The van der Waals surface area contributed by atoms with E-state index in [2.05, 4.69) is 10.1 Å². The van der Waals surface area contributed by atoms with Gasteiger partial charge in [-0.2, -0.15) is 4.39 Å². The van der Waals surface area contributed by atoms with Gasteiger partial charge in [-0.1, -0.05) is 6.07 Å².